The third-order valence-corrected chi connectivity index (χ3v) is 5.51. The summed E-state index contributed by atoms with van der Waals surface area (Å²) in [6.45, 7) is 3.69. The van der Waals surface area contributed by atoms with E-state index in [1.807, 2.05) is 14.0 Å². The Hall–Kier alpha value is -3.27. The Labute approximate surface area is 178 Å². The topological polar surface area (TPSA) is 114 Å². The number of rotatable bonds is 3. The molecular formula is C19H23ClN8O2. The number of nitrogens with one attached hydrogen (secondary N) is 1. The van der Waals surface area contributed by atoms with Crippen molar-refractivity contribution in [3.8, 4) is 5.75 Å². The molecule has 0 aliphatic carbocycles. The van der Waals surface area contributed by atoms with Gasteiger partial charge in [-0.3, -0.25) is 4.68 Å². The van der Waals surface area contributed by atoms with Crippen LogP contribution in [0.1, 0.15) is 6.92 Å². The fourth-order valence-corrected chi connectivity index (χ4v) is 3.84. The highest BCUT2D eigenvalue weighted by Gasteiger charge is 2.29. The number of halogens is 1. The van der Waals surface area contributed by atoms with Gasteiger partial charge in [0, 0.05) is 38.8 Å². The van der Waals surface area contributed by atoms with Gasteiger partial charge in [-0.05, 0) is 19.1 Å². The molecule has 1 saturated heterocycles. The lowest BCUT2D eigenvalue weighted by Crippen LogP contribution is -2.55. The van der Waals surface area contributed by atoms with Gasteiger partial charge in [0.15, 0.2) is 5.65 Å². The van der Waals surface area contributed by atoms with E-state index in [1.165, 1.54) is 0 Å². The smallest absolute Gasteiger partial charge is 0.322 e. The summed E-state index contributed by atoms with van der Waals surface area (Å²) in [5.41, 5.74) is 7.13. The van der Waals surface area contributed by atoms with Gasteiger partial charge in [0.2, 0.25) is 5.95 Å². The number of hydrogen-bond acceptors (Lipinski definition) is 7. The monoisotopic (exact) mass is 430 g/mol. The number of fused-ring (bicyclic) bond motifs is 1. The molecule has 10 nitrogen and oxygen atoms in total. The molecule has 0 saturated carbocycles. The zero-order valence-corrected chi connectivity index (χ0v) is 17.7. The molecule has 11 heteroatoms. The first-order chi connectivity index (χ1) is 14.4. The molecule has 3 aromatic rings. The molecule has 1 aliphatic heterocycles. The molecule has 158 valence electrons. The first-order valence-corrected chi connectivity index (χ1v) is 9.86. The number of nitrogens with two attached hydrogens (primary N) is 1. The molecule has 3 heterocycles. The van der Waals surface area contributed by atoms with Gasteiger partial charge in [0.05, 0.1) is 29.4 Å². The van der Waals surface area contributed by atoms with E-state index in [0.717, 1.165) is 11.2 Å². The summed E-state index contributed by atoms with van der Waals surface area (Å²) in [6, 6.07) is 4.95. The minimum absolute atomic E-state index is 0.0218. The van der Waals surface area contributed by atoms with Crippen molar-refractivity contribution < 1.29 is 9.53 Å². The molecule has 0 bridgehead atoms. The van der Waals surface area contributed by atoms with Crippen LogP contribution in [0.3, 0.4) is 0 Å². The van der Waals surface area contributed by atoms with E-state index in [0.29, 0.717) is 41.7 Å². The van der Waals surface area contributed by atoms with Crippen molar-refractivity contribution in [2.24, 2.45) is 7.05 Å². The Morgan fingerprint density at radius 2 is 2.13 bits per heavy atom. The Morgan fingerprint density at radius 1 is 1.33 bits per heavy atom. The number of anilines is 3. The van der Waals surface area contributed by atoms with Gasteiger partial charge in [0.25, 0.3) is 0 Å². The molecule has 1 fully saturated rings. The maximum absolute atomic E-state index is 12.8. The first kappa shape index (κ1) is 20.0. The molecular weight excluding hydrogens is 408 g/mol. The molecule has 1 aromatic carbocycles. The van der Waals surface area contributed by atoms with E-state index in [1.54, 1.807) is 41.1 Å². The van der Waals surface area contributed by atoms with Crippen LogP contribution >= 0.6 is 11.6 Å². The van der Waals surface area contributed by atoms with Gasteiger partial charge in [0.1, 0.15) is 11.6 Å². The third kappa shape index (κ3) is 3.65. The quantitative estimate of drug-likeness (QED) is 0.655. The Bertz CT molecular complexity index is 1100. The number of urea groups is 1. The number of aryl methyl sites for hydroxylation is 1. The average molecular weight is 431 g/mol. The van der Waals surface area contributed by atoms with Crippen molar-refractivity contribution in [3.05, 3.63) is 29.4 Å². The van der Waals surface area contributed by atoms with E-state index < -0.39 is 0 Å². The van der Waals surface area contributed by atoms with Crippen molar-refractivity contribution in [3.63, 3.8) is 0 Å². The van der Waals surface area contributed by atoms with Crippen molar-refractivity contribution in [1.29, 1.82) is 0 Å². The summed E-state index contributed by atoms with van der Waals surface area (Å²) in [7, 11) is 3.38. The van der Waals surface area contributed by atoms with Gasteiger partial charge in [-0.2, -0.15) is 15.1 Å². The van der Waals surface area contributed by atoms with Gasteiger partial charge < -0.3 is 25.6 Å². The van der Waals surface area contributed by atoms with Crippen molar-refractivity contribution in [2.45, 2.75) is 13.0 Å². The number of carbonyl (C=O) groups excluding carboxylic acids is 1. The Balaban J connectivity index is 1.49. The Kier molecular flexibility index (Phi) is 5.25. The minimum Gasteiger partial charge on any atom is -0.497 e. The fraction of sp³-hybridized carbons (Fsp3) is 0.368. The number of nitrogens with zero attached hydrogens (tertiary/aromatic N) is 6. The van der Waals surface area contributed by atoms with Crippen LogP contribution in [-0.2, 0) is 7.05 Å². The summed E-state index contributed by atoms with van der Waals surface area (Å²) >= 11 is 6.24. The largest absolute Gasteiger partial charge is 0.497 e. The van der Waals surface area contributed by atoms with Crippen molar-refractivity contribution in [2.75, 3.05) is 42.7 Å². The number of carbonyl (C=O) groups is 1. The second kappa shape index (κ2) is 7.86. The second-order valence-electron chi connectivity index (χ2n) is 7.18. The minimum atomic E-state index is -0.206. The number of amides is 2. The Morgan fingerprint density at radius 3 is 2.83 bits per heavy atom. The number of hydrogen-bond donors (Lipinski definition) is 2. The zero-order valence-electron chi connectivity index (χ0n) is 17.0. The summed E-state index contributed by atoms with van der Waals surface area (Å²) < 4.78 is 6.81. The molecule has 0 radical (unpaired) electrons. The fourth-order valence-electron chi connectivity index (χ4n) is 3.62. The third-order valence-electron chi connectivity index (χ3n) is 5.19. The van der Waals surface area contributed by atoms with E-state index in [9.17, 15) is 4.79 Å². The number of piperazine rings is 1. The summed E-state index contributed by atoms with van der Waals surface area (Å²) in [5.74, 6) is 1.56. The van der Waals surface area contributed by atoms with Crippen LogP contribution in [0.25, 0.3) is 11.0 Å². The molecule has 2 aromatic heterocycles. The first-order valence-electron chi connectivity index (χ1n) is 9.48. The van der Waals surface area contributed by atoms with Crippen LogP contribution in [-0.4, -0.2) is 63.5 Å². The number of ether oxygens (including phenoxy) is 1. The number of benzene rings is 1. The van der Waals surface area contributed by atoms with E-state index in [4.69, 9.17) is 22.1 Å². The van der Waals surface area contributed by atoms with Crippen LogP contribution in [0.5, 0.6) is 5.75 Å². The lowest BCUT2D eigenvalue weighted by molar-refractivity contribution is 0.200. The standard InChI is InChI=1S/C19H23ClN8O2/c1-11-10-27(19(29)23-15-5-4-12(30-3)8-14(15)20)6-7-28(11)17-13-9-22-26(2)16(13)24-18(21)25-17/h4-5,8-9,11H,6-7,10H2,1-3H3,(H,23,29)(H2,21,24,25)/t11-/m0/s1. The maximum atomic E-state index is 12.8. The molecule has 0 unspecified atom stereocenters. The van der Waals surface area contributed by atoms with Gasteiger partial charge in [-0.25, -0.2) is 4.79 Å². The predicted molar refractivity (Wildman–Crippen MR) is 116 cm³/mol. The SMILES string of the molecule is COc1ccc(NC(=O)N2CCN(c3nc(N)nc4c3cnn4C)[C@@H](C)C2)c(Cl)c1. The summed E-state index contributed by atoms with van der Waals surface area (Å²) in [4.78, 5) is 25.4. The summed E-state index contributed by atoms with van der Waals surface area (Å²) in [6.07, 6.45) is 1.74. The highest BCUT2D eigenvalue weighted by molar-refractivity contribution is 6.33. The molecule has 1 aliphatic rings. The van der Waals surface area contributed by atoms with E-state index >= 15 is 0 Å². The van der Waals surface area contributed by atoms with Crippen LogP contribution in [0.2, 0.25) is 5.02 Å². The summed E-state index contributed by atoms with van der Waals surface area (Å²) in [5, 5.41) is 8.39. The van der Waals surface area contributed by atoms with E-state index in [-0.39, 0.29) is 18.0 Å². The lowest BCUT2D eigenvalue weighted by atomic mass is 10.2. The number of nitrogen functional groups attached to an aromatic ring is 1. The number of methoxy groups -OCH3 is 1. The lowest BCUT2D eigenvalue weighted by Gasteiger charge is -2.40. The maximum Gasteiger partial charge on any atom is 0.322 e. The highest BCUT2D eigenvalue weighted by atomic mass is 35.5. The van der Waals surface area contributed by atoms with Crippen LogP contribution in [0, 0.1) is 0 Å². The molecule has 1 atom stereocenters. The predicted octanol–water partition coefficient (Wildman–Crippen LogP) is 2.35. The van der Waals surface area contributed by atoms with Crippen LogP contribution in [0.4, 0.5) is 22.2 Å². The van der Waals surface area contributed by atoms with E-state index in [2.05, 4.69) is 25.3 Å². The van der Waals surface area contributed by atoms with Crippen LogP contribution in [0.15, 0.2) is 24.4 Å². The number of aromatic nitrogens is 4. The zero-order chi connectivity index (χ0) is 21.4. The highest BCUT2D eigenvalue weighted by Crippen LogP contribution is 2.29. The second-order valence-corrected chi connectivity index (χ2v) is 7.58. The van der Waals surface area contributed by atoms with Gasteiger partial charge in [-0.15, -0.1) is 0 Å². The van der Waals surface area contributed by atoms with Gasteiger partial charge in [-0.1, -0.05) is 11.6 Å². The molecule has 0 spiro atoms. The normalized spacial score (nSPS) is 16.7. The molecule has 4 rings (SSSR count). The van der Waals surface area contributed by atoms with Crippen molar-refractivity contribution >= 4 is 46.1 Å². The van der Waals surface area contributed by atoms with Crippen molar-refractivity contribution in [1.82, 2.24) is 24.6 Å². The molecule has 2 amide bonds. The van der Waals surface area contributed by atoms with Gasteiger partial charge >= 0.3 is 6.03 Å². The molecule has 30 heavy (non-hydrogen) atoms. The average Bonchev–Trinajstić information content (AvgIpc) is 3.09. The molecule has 3 N–H and O–H groups in total. The van der Waals surface area contributed by atoms with Crippen LogP contribution < -0.4 is 20.7 Å².